The van der Waals surface area contributed by atoms with E-state index in [1.54, 1.807) is 18.2 Å². The van der Waals surface area contributed by atoms with Crippen molar-refractivity contribution in [2.45, 2.75) is 19.5 Å². The molecule has 0 spiro atoms. The topological polar surface area (TPSA) is 49.4 Å². The largest absolute Gasteiger partial charge is 0.418 e. The smallest absolute Gasteiger partial charge is 0.325 e. The lowest BCUT2D eigenvalue weighted by Gasteiger charge is -2.18. The van der Waals surface area contributed by atoms with Gasteiger partial charge >= 0.3 is 6.18 Å². The third-order valence-corrected chi connectivity index (χ3v) is 4.86. The molecule has 2 aromatic rings. The summed E-state index contributed by atoms with van der Waals surface area (Å²) in [5, 5.41) is 2.80. The fraction of sp³-hybridized carbons (Fsp3) is 0.263. The van der Waals surface area contributed by atoms with E-state index >= 15 is 0 Å². The summed E-state index contributed by atoms with van der Waals surface area (Å²) in [5.74, 6) is -1.65. The number of aryl methyl sites for hydroxylation is 1. The molecule has 1 aliphatic rings. The van der Waals surface area contributed by atoms with Crippen LogP contribution < -0.4 is 10.2 Å². The number of amides is 2. The molecule has 1 atom stereocenters. The number of hydrogen-bond acceptors (Lipinski definition) is 2. The fourth-order valence-electron chi connectivity index (χ4n) is 2.96. The van der Waals surface area contributed by atoms with Gasteiger partial charge in [0.25, 0.3) is 0 Å². The first-order chi connectivity index (χ1) is 12.7. The van der Waals surface area contributed by atoms with Crippen LogP contribution >= 0.6 is 11.6 Å². The standard InChI is InChI=1S/C19H16ClF3N2O2/c1-11-6-7-13(9-15(11)20)25-10-12(8-17(25)26)18(27)24-16-5-3-2-4-14(16)19(21,22)23/h2-7,9,12H,8,10H2,1H3,(H,24,27)/t12-/m1/s1. The number of para-hydroxylation sites is 1. The Morgan fingerprint density at radius 1 is 1.22 bits per heavy atom. The van der Waals surface area contributed by atoms with Gasteiger partial charge in [0, 0.05) is 23.7 Å². The second-order valence-corrected chi connectivity index (χ2v) is 6.78. The Balaban J connectivity index is 1.76. The van der Waals surface area contributed by atoms with E-state index < -0.39 is 23.6 Å². The highest BCUT2D eigenvalue weighted by atomic mass is 35.5. The second-order valence-electron chi connectivity index (χ2n) is 6.37. The first kappa shape index (κ1) is 19.2. The maximum absolute atomic E-state index is 13.1. The minimum Gasteiger partial charge on any atom is -0.325 e. The van der Waals surface area contributed by atoms with Crippen molar-refractivity contribution in [2.75, 3.05) is 16.8 Å². The SMILES string of the molecule is Cc1ccc(N2C[C@H](C(=O)Nc3ccccc3C(F)(F)F)CC2=O)cc1Cl. The normalized spacial score (nSPS) is 17.3. The lowest BCUT2D eigenvalue weighted by atomic mass is 10.1. The molecule has 4 nitrogen and oxygen atoms in total. The summed E-state index contributed by atoms with van der Waals surface area (Å²) in [7, 11) is 0. The van der Waals surface area contributed by atoms with Crippen LogP contribution in [0, 0.1) is 12.8 Å². The first-order valence-corrected chi connectivity index (χ1v) is 8.58. The van der Waals surface area contributed by atoms with Crippen molar-refractivity contribution in [3.05, 3.63) is 58.6 Å². The third-order valence-electron chi connectivity index (χ3n) is 4.45. The van der Waals surface area contributed by atoms with E-state index in [4.69, 9.17) is 11.6 Å². The number of nitrogens with one attached hydrogen (secondary N) is 1. The zero-order valence-corrected chi connectivity index (χ0v) is 15.1. The number of anilines is 2. The number of hydrogen-bond donors (Lipinski definition) is 1. The Morgan fingerprint density at radius 3 is 2.59 bits per heavy atom. The highest BCUT2D eigenvalue weighted by Crippen LogP contribution is 2.35. The van der Waals surface area contributed by atoms with Gasteiger partial charge in [-0.1, -0.05) is 29.8 Å². The van der Waals surface area contributed by atoms with E-state index in [-0.39, 0.29) is 24.6 Å². The second kappa shape index (κ2) is 7.23. The number of nitrogens with zero attached hydrogens (tertiary/aromatic N) is 1. The maximum atomic E-state index is 13.1. The van der Waals surface area contributed by atoms with E-state index in [1.165, 1.54) is 23.1 Å². The molecule has 2 amide bonds. The lowest BCUT2D eigenvalue weighted by Crippen LogP contribution is -2.28. The summed E-state index contributed by atoms with van der Waals surface area (Å²) in [6.07, 6.45) is -4.66. The molecule has 1 N–H and O–H groups in total. The molecule has 1 heterocycles. The average molecular weight is 397 g/mol. The molecule has 1 aliphatic heterocycles. The molecule has 0 saturated carbocycles. The molecule has 0 unspecified atom stereocenters. The van der Waals surface area contributed by atoms with Crippen LogP contribution in [0.2, 0.25) is 5.02 Å². The van der Waals surface area contributed by atoms with Crippen molar-refractivity contribution in [2.24, 2.45) is 5.92 Å². The number of carbonyl (C=O) groups is 2. The molecule has 0 aliphatic carbocycles. The van der Waals surface area contributed by atoms with E-state index in [0.717, 1.165) is 11.6 Å². The van der Waals surface area contributed by atoms with Gasteiger partial charge in [-0.05, 0) is 36.8 Å². The number of benzene rings is 2. The molecule has 3 rings (SSSR count). The highest BCUT2D eigenvalue weighted by molar-refractivity contribution is 6.31. The molecular formula is C19H16ClF3N2O2. The molecule has 2 aromatic carbocycles. The maximum Gasteiger partial charge on any atom is 0.418 e. The Labute approximate surface area is 158 Å². The summed E-state index contributed by atoms with van der Waals surface area (Å²) in [5.41, 5.74) is 0.163. The zero-order chi connectivity index (χ0) is 19.8. The monoisotopic (exact) mass is 396 g/mol. The minimum absolute atomic E-state index is 0.0779. The Hall–Kier alpha value is -2.54. The number of carbonyl (C=O) groups excluding carboxylic acids is 2. The lowest BCUT2D eigenvalue weighted by molar-refractivity contribution is -0.137. The van der Waals surface area contributed by atoms with Gasteiger partial charge in [0.05, 0.1) is 17.2 Å². The van der Waals surface area contributed by atoms with Gasteiger partial charge in [-0.25, -0.2) is 0 Å². The van der Waals surface area contributed by atoms with Gasteiger partial charge < -0.3 is 10.2 Å². The van der Waals surface area contributed by atoms with Crippen molar-refractivity contribution in [3.63, 3.8) is 0 Å². The predicted molar refractivity (Wildman–Crippen MR) is 96.7 cm³/mol. The summed E-state index contributed by atoms with van der Waals surface area (Å²) >= 11 is 6.08. The van der Waals surface area contributed by atoms with Crippen LogP contribution in [-0.2, 0) is 15.8 Å². The highest BCUT2D eigenvalue weighted by Gasteiger charge is 2.37. The molecule has 0 radical (unpaired) electrons. The molecule has 142 valence electrons. The predicted octanol–water partition coefficient (Wildman–Crippen LogP) is 4.66. The van der Waals surface area contributed by atoms with E-state index in [1.807, 2.05) is 6.92 Å². The Kier molecular flexibility index (Phi) is 5.15. The third kappa shape index (κ3) is 4.08. The summed E-state index contributed by atoms with van der Waals surface area (Å²) < 4.78 is 39.2. The summed E-state index contributed by atoms with van der Waals surface area (Å²) in [6.45, 7) is 1.91. The van der Waals surface area contributed by atoms with Crippen LogP contribution in [0.5, 0.6) is 0 Å². The molecule has 0 bridgehead atoms. The van der Waals surface area contributed by atoms with Gasteiger partial charge in [-0.2, -0.15) is 13.2 Å². The number of rotatable bonds is 3. The number of alkyl halides is 3. The number of halogens is 4. The average Bonchev–Trinajstić information content (AvgIpc) is 2.99. The van der Waals surface area contributed by atoms with Crippen molar-refractivity contribution >= 4 is 34.8 Å². The van der Waals surface area contributed by atoms with Crippen LogP contribution in [0.4, 0.5) is 24.5 Å². The van der Waals surface area contributed by atoms with Crippen LogP contribution in [0.1, 0.15) is 17.5 Å². The van der Waals surface area contributed by atoms with Crippen molar-refractivity contribution < 1.29 is 22.8 Å². The summed E-state index contributed by atoms with van der Waals surface area (Å²) in [6, 6.07) is 9.86. The fourth-order valence-corrected chi connectivity index (χ4v) is 3.13. The van der Waals surface area contributed by atoms with Gasteiger partial charge in [0.15, 0.2) is 0 Å². The van der Waals surface area contributed by atoms with E-state index in [0.29, 0.717) is 10.7 Å². The van der Waals surface area contributed by atoms with Crippen LogP contribution in [-0.4, -0.2) is 18.4 Å². The molecule has 1 saturated heterocycles. The van der Waals surface area contributed by atoms with Gasteiger partial charge in [-0.15, -0.1) is 0 Å². The Bertz CT molecular complexity index is 899. The van der Waals surface area contributed by atoms with Crippen molar-refractivity contribution in [3.8, 4) is 0 Å². The van der Waals surface area contributed by atoms with Crippen LogP contribution in [0.25, 0.3) is 0 Å². The molecule has 0 aromatic heterocycles. The zero-order valence-electron chi connectivity index (χ0n) is 14.3. The van der Waals surface area contributed by atoms with Crippen molar-refractivity contribution in [1.82, 2.24) is 0 Å². The summed E-state index contributed by atoms with van der Waals surface area (Å²) in [4.78, 5) is 26.2. The molecular weight excluding hydrogens is 381 g/mol. The quantitative estimate of drug-likeness (QED) is 0.820. The van der Waals surface area contributed by atoms with Crippen molar-refractivity contribution in [1.29, 1.82) is 0 Å². The van der Waals surface area contributed by atoms with Gasteiger partial charge in [0.2, 0.25) is 11.8 Å². The molecule has 27 heavy (non-hydrogen) atoms. The van der Waals surface area contributed by atoms with E-state index in [9.17, 15) is 22.8 Å². The van der Waals surface area contributed by atoms with Crippen LogP contribution in [0.3, 0.4) is 0 Å². The van der Waals surface area contributed by atoms with Gasteiger partial charge in [-0.3, -0.25) is 9.59 Å². The Morgan fingerprint density at radius 2 is 1.93 bits per heavy atom. The van der Waals surface area contributed by atoms with Gasteiger partial charge in [0.1, 0.15) is 0 Å². The molecule has 1 fully saturated rings. The van der Waals surface area contributed by atoms with E-state index in [2.05, 4.69) is 5.32 Å². The first-order valence-electron chi connectivity index (χ1n) is 8.20. The minimum atomic E-state index is -4.58. The van der Waals surface area contributed by atoms with Crippen LogP contribution in [0.15, 0.2) is 42.5 Å². The molecule has 8 heteroatoms.